The highest BCUT2D eigenvalue weighted by atomic mass is 31.2. The molecule has 0 aliphatic carbocycles. The lowest BCUT2D eigenvalue weighted by Gasteiger charge is -2.21. The minimum absolute atomic E-state index is 0.102. The molecule has 3 N–H and O–H groups in total. The zero-order valence-corrected chi connectivity index (χ0v) is 62.7. The van der Waals surface area contributed by atoms with Crippen molar-refractivity contribution in [1.82, 2.24) is 0 Å². The third-order valence-electron chi connectivity index (χ3n) is 17.4. The van der Waals surface area contributed by atoms with Crippen LogP contribution in [0, 0.1) is 23.7 Å². The fourth-order valence-corrected chi connectivity index (χ4v) is 12.7. The van der Waals surface area contributed by atoms with Crippen LogP contribution in [0.25, 0.3) is 0 Å². The number of unbranched alkanes of at least 4 members (excludes halogenated alkanes) is 36. The van der Waals surface area contributed by atoms with Gasteiger partial charge < -0.3 is 33.8 Å². The second-order valence-electron chi connectivity index (χ2n) is 28.4. The molecule has 0 aliphatic rings. The average molecular weight is 1370 g/mol. The monoisotopic (exact) mass is 1370 g/mol. The van der Waals surface area contributed by atoms with Gasteiger partial charge in [-0.05, 0) is 49.4 Å². The highest BCUT2D eigenvalue weighted by Gasteiger charge is 2.30. The predicted octanol–water partition coefficient (Wildman–Crippen LogP) is 21.3. The second kappa shape index (κ2) is 63.5. The summed E-state index contributed by atoms with van der Waals surface area (Å²) in [5.41, 5.74) is 0. The van der Waals surface area contributed by atoms with E-state index in [9.17, 15) is 43.2 Å². The third-order valence-corrected chi connectivity index (χ3v) is 19.3. The highest BCUT2D eigenvalue weighted by molar-refractivity contribution is 7.47. The van der Waals surface area contributed by atoms with Crippen LogP contribution in [0.2, 0.25) is 0 Å². The Morgan fingerprint density at radius 2 is 0.516 bits per heavy atom. The van der Waals surface area contributed by atoms with E-state index in [0.717, 1.165) is 114 Å². The number of phosphoric ester groups is 2. The first-order chi connectivity index (χ1) is 44.6. The molecule has 0 saturated heterocycles. The SMILES string of the molecule is CCC(C)CCCCCCCCC(=O)O[C@H](COC(=O)CCCCCCCCCCCC(C)C)COP(=O)(O)OCC(O)COP(=O)(O)OC[C@@H](COC(=O)CCCCCCCCCC(C)C)OC(=O)CCCCCCCCCCCCCCCCCCCCC(C)C. The van der Waals surface area contributed by atoms with E-state index in [1.165, 1.54) is 167 Å². The number of hydrogen-bond acceptors (Lipinski definition) is 15. The van der Waals surface area contributed by atoms with Gasteiger partial charge in [-0.25, -0.2) is 9.13 Å². The summed E-state index contributed by atoms with van der Waals surface area (Å²) < 4.78 is 68.4. The topological polar surface area (TPSA) is 237 Å². The number of carbonyl (C=O) groups is 4. The van der Waals surface area contributed by atoms with E-state index in [-0.39, 0.29) is 25.7 Å². The van der Waals surface area contributed by atoms with Gasteiger partial charge in [0.2, 0.25) is 0 Å². The Hall–Kier alpha value is -1.94. The zero-order valence-electron chi connectivity index (χ0n) is 60.9. The Kier molecular flexibility index (Phi) is 62.2. The van der Waals surface area contributed by atoms with Gasteiger partial charge in [-0.2, -0.15) is 0 Å². The van der Waals surface area contributed by atoms with Crippen LogP contribution in [0.4, 0.5) is 0 Å². The van der Waals surface area contributed by atoms with Gasteiger partial charge in [0.05, 0.1) is 26.4 Å². The Morgan fingerprint density at radius 1 is 0.301 bits per heavy atom. The lowest BCUT2D eigenvalue weighted by Crippen LogP contribution is -2.30. The molecule has 0 spiro atoms. The average Bonchev–Trinajstić information content (AvgIpc) is 2.11. The lowest BCUT2D eigenvalue weighted by atomic mass is 10.00. The van der Waals surface area contributed by atoms with Crippen LogP contribution in [0.5, 0.6) is 0 Å². The van der Waals surface area contributed by atoms with Crippen molar-refractivity contribution in [2.24, 2.45) is 23.7 Å². The summed E-state index contributed by atoms with van der Waals surface area (Å²) in [4.78, 5) is 72.6. The number of hydrogen-bond donors (Lipinski definition) is 3. The van der Waals surface area contributed by atoms with E-state index in [0.29, 0.717) is 31.6 Å². The summed E-state index contributed by atoms with van der Waals surface area (Å²) in [6.45, 7) is 14.1. The number of rotatable bonds is 71. The Bertz CT molecular complexity index is 1840. The van der Waals surface area contributed by atoms with Crippen molar-refractivity contribution in [1.29, 1.82) is 0 Å². The first-order valence-corrected chi connectivity index (χ1v) is 41.2. The summed E-state index contributed by atoms with van der Waals surface area (Å²) in [5.74, 6) is 0.861. The largest absolute Gasteiger partial charge is 0.472 e. The molecular weight excluding hydrogens is 1220 g/mol. The summed E-state index contributed by atoms with van der Waals surface area (Å²) in [6.07, 6.45) is 47.5. The van der Waals surface area contributed by atoms with Crippen LogP contribution < -0.4 is 0 Å². The maximum atomic E-state index is 13.0. The van der Waals surface area contributed by atoms with E-state index < -0.39 is 97.5 Å². The number of carbonyl (C=O) groups excluding carboxylic acids is 4. The molecule has 4 unspecified atom stereocenters. The van der Waals surface area contributed by atoms with E-state index >= 15 is 0 Å². The van der Waals surface area contributed by atoms with E-state index in [1.807, 2.05) is 0 Å². The van der Waals surface area contributed by atoms with E-state index in [4.69, 9.17) is 37.0 Å². The molecular formula is C74H144O17P2. The minimum atomic E-state index is -4.95. The third kappa shape index (κ3) is 67.0. The van der Waals surface area contributed by atoms with Gasteiger partial charge in [0.15, 0.2) is 12.2 Å². The minimum Gasteiger partial charge on any atom is -0.462 e. The smallest absolute Gasteiger partial charge is 0.462 e. The van der Waals surface area contributed by atoms with Gasteiger partial charge in [-0.1, -0.05) is 319 Å². The van der Waals surface area contributed by atoms with Gasteiger partial charge in [-0.15, -0.1) is 0 Å². The van der Waals surface area contributed by atoms with Crippen molar-refractivity contribution >= 4 is 39.5 Å². The maximum absolute atomic E-state index is 13.0. The van der Waals surface area contributed by atoms with Gasteiger partial charge in [0.1, 0.15) is 19.3 Å². The molecule has 0 aromatic carbocycles. The number of aliphatic hydroxyl groups is 1. The van der Waals surface area contributed by atoms with Crippen molar-refractivity contribution < 1.29 is 80.2 Å². The van der Waals surface area contributed by atoms with Crippen LogP contribution in [0.1, 0.15) is 370 Å². The van der Waals surface area contributed by atoms with Gasteiger partial charge in [-0.3, -0.25) is 37.3 Å². The van der Waals surface area contributed by atoms with Crippen molar-refractivity contribution in [2.75, 3.05) is 39.6 Å². The predicted molar refractivity (Wildman–Crippen MR) is 377 cm³/mol. The lowest BCUT2D eigenvalue weighted by molar-refractivity contribution is -0.161. The highest BCUT2D eigenvalue weighted by Crippen LogP contribution is 2.45. The van der Waals surface area contributed by atoms with Crippen LogP contribution >= 0.6 is 15.6 Å². The molecule has 0 saturated carbocycles. The standard InChI is InChI=1S/C74H144O17P2/c1-9-67(8)53-45-37-32-33-41-49-57-74(79)91-70(61-84-71(76)54-46-38-29-24-20-22-27-35-43-51-65(4)5)63-89-93(82,83)87-59-68(75)58-86-92(80,81)88-62-69(60-85-72(77)55-47-39-31-25-28-36-44-52-66(6)7)90-73(78)56-48-40-30-23-19-17-15-13-11-10-12-14-16-18-21-26-34-42-50-64(2)3/h64-70,75H,9-63H2,1-8H3,(H,80,81)(H,82,83)/t67?,68?,69-,70-/m1/s1. The first-order valence-electron chi connectivity index (χ1n) is 38.2. The quantitative estimate of drug-likeness (QED) is 0.0222. The first kappa shape index (κ1) is 91.1. The Morgan fingerprint density at radius 3 is 0.763 bits per heavy atom. The van der Waals surface area contributed by atoms with Crippen LogP contribution in [-0.4, -0.2) is 96.7 Å². The molecule has 0 amide bonds. The number of ether oxygens (including phenoxy) is 4. The number of phosphoric acid groups is 2. The maximum Gasteiger partial charge on any atom is 0.472 e. The zero-order chi connectivity index (χ0) is 68.9. The molecule has 19 heteroatoms. The molecule has 93 heavy (non-hydrogen) atoms. The number of aliphatic hydroxyl groups excluding tert-OH is 1. The molecule has 552 valence electrons. The fraction of sp³-hybridized carbons (Fsp3) is 0.946. The van der Waals surface area contributed by atoms with Crippen LogP contribution in [0.3, 0.4) is 0 Å². The second-order valence-corrected chi connectivity index (χ2v) is 31.3. The fourth-order valence-electron chi connectivity index (χ4n) is 11.2. The summed E-state index contributed by atoms with van der Waals surface area (Å²) >= 11 is 0. The molecule has 6 atom stereocenters. The van der Waals surface area contributed by atoms with E-state index in [2.05, 4.69) is 55.4 Å². The molecule has 0 radical (unpaired) electrons. The number of esters is 4. The Labute approximate surface area is 568 Å². The van der Waals surface area contributed by atoms with Crippen molar-refractivity contribution in [3.05, 3.63) is 0 Å². The van der Waals surface area contributed by atoms with Crippen molar-refractivity contribution in [3.63, 3.8) is 0 Å². The molecule has 0 aliphatic heterocycles. The summed E-state index contributed by atoms with van der Waals surface area (Å²) in [7, 11) is -9.91. The summed E-state index contributed by atoms with van der Waals surface area (Å²) in [5, 5.41) is 10.6. The van der Waals surface area contributed by atoms with Crippen LogP contribution in [0.15, 0.2) is 0 Å². The molecule has 0 fully saturated rings. The molecule has 17 nitrogen and oxygen atoms in total. The molecule has 0 aromatic rings. The summed E-state index contributed by atoms with van der Waals surface area (Å²) in [6, 6.07) is 0. The van der Waals surface area contributed by atoms with Crippen LogP contribution in [-0.2, 0) is 65.4 Å². The molecule has 0 bridgehead atoms. The normalized spacial score (nSPS) is 14.5. The molecule has 0 rings (SSSR count). The van der Waals surface area contributed by atoms with Crippen molar-refractivity contribution in [2.45, 2.75) is 388 Å². The molecule has 0 aromatic heterocycles. The van der Waals surface area contributed by atoms with Gasteiger partial charge in [0, 0.05) is 25.7 Å². The van der Waals surface area contributed by atoms with Gasteiger partial charge >= 0.3 is 39.5 Å². The van der Waals surface area contributed by atoms with Crippen molar-refractivity contribution in [3.8, 4) is 0 Å². The Balaban J connectivity index is 5.17. The van der Waals surface area contributed by atoms with E-state index in [1.54, 1.807) is 0 Å². The molecule has 0 heterocycles. The van der Waals surface area contributed by atoms with Gasteiger partial charge in [0.25, 0.3) is 0 Å².